The fourth-order valence-corrected chi connectivity index (χ4v) is 1.34. The molecule has 0 radical (unpaired) electrons. The van der Waals surface area contributed by atoms with Crippen molar-refractivity contribution in [3.63, 3.8) is 0 Å². The standard InChI is InChI=1S/C12H12N2O2/c1-12(8-14-10-16)5-2-3-11(4-6-12)7-13-9-15/h2-6H,7-8H2,1H3. The zero-order chi connectivity index (χ0) is 11.9. The quantitative estimate of drug-likeness (QED) is 0.530. The van der Waals surface area contributed by atoms with Crippen molar-refractivity contribution in [2.45, 2.75) is 6.92 Å². The first-order chi connectivity index (χ1) is 7.70. The molecule has 0 aromatic rings. The van der Waals surface area contributed by atoms with Gasteiger partial charge in [0, 0.05) is 5.41 Å². The summed E-state index contributed by atoms with van der Waals surface area (Å²) in [5.41, 5.74) is 0.624. The van der Waals surface area contributed by atoms with Crippen LogP contribution in [0, 0.1) is 5.41 Å². The molecule has 1 aliphatic carbocycles. The summed E-state index contributed by atoms with van der Waals surface area (Å²) in [6, 6.07) is 0. The Morgan fingerprint density at radius 2 is 2.00 bits per heavy atom. The first-order valence-electron chi connectivity index (χ1n) is 4.85. The smallest absolute Gasteiger partial charge is 0.211 e. The topological polar surface area (TPSA) is 58.9 Å². The summed E-state index contributed by atoms with van der Waals surface area (Å²) in [6.07, 6.45) is 12.5. The highest BCUT2D eigenvalue weighted by molar-refractivity contribution is 5.38. The van der Waals surface area contributed by atoms with Crippen LogP contribution in [0.2, 0.25) is 0 Å². The molecule has 0 aromatic carbocycles. The zero-order valence-corrected chi connectivity index (χ0v) is 9.01. The number of aliphatic imine (C=N–C) groups is 2. The molecule has 0 saturated heterocycles. The van der Waals surface area contributed by atoms with Gasteiger partial charge in [-0.05, 0) is 5.57 Å². The van der Waals surface area contributed by atoms with Gasteiger partial charge in [-0.25, -0.2) is 19.6 Å². The van der Waals surface area contributed by atoms with Crippen LogP contribution in [-0.2, 0) is 9.59 Å². The SMILES string of the molecule is CC1(CN=C=O)C=CC=C(CN=C=O)C=C1. The molecule has 16 heavy (non-hydrogen) atoms. The van der Waals surface area contributed by atoms with Gasteiger partial charge in [0.25, 0.3) is 0 Å². The second-order valence-corrected chi connectivity index (χ2v) is 3.75. The third-order valence-electron chi connectivity index (χ3n) is 2.28. The maximum absolute atomic E-state index is 10.1. The van der Waals surface area contributed by atoms with Gasteiger partial charge in [0.15, 0.2) is 0 Å². The lowest BCUT2D eigenvalue weighted by Gasteiger charge is -2.17. The fraction of sp³-hybridized carbons (Fsp3) is 0.333. The minimum absolute atomic E-state index is 0.291. The van der Waals surface area contributed by atoms with Crippen LogP contribution >= 0.6 is 0 Å². The van der Waals surface area contributed by atoms with E-state index in [0.717, 1.165) is 5.57 Å². The van der Waals surface area contributed by atoms with Crippen molar-refractivity contribution < 1.29 is 9.59 Å². The van der Waals surface area contributed by atoms with E-state index in [2.05, 4.69) is 9.98 Å². The minimum atomic E-state index is -0.291. The van der Waals surface area contributed by atoms with Crippen molar-refractivity contribution >= 4 is 12.2 Å². The number of nitrogens with zero attached hydrogens (tertiary/aromatic N) is 2. The summed E-state index contributed by atoms with van der Waals surface area (Å²) >= 11 is 0. The molecule has 4 heteroatoms. The van der Waals surface area contributed by atoms with Crippen LogP contribution in [-0.4, -0.2) is 25.2 Å². The molecule has 1 aliphatic rings. The van der Waals surface area contributed by atoms with E-state index in [0.29, 0.717) is 13.1 Å². The van der Waals surface area contributed by atoms with Crippen LogP contribution in [0.15, 0.2) is 45.9 Å². The molecular formula is C12H12N2O2. The van der Waals surface area contributed by atoms with Gasteiger partial charge in [-0.3, -0.25) is 0 Å². The van der Waals surface area contributed by atoms with Crippen LogP contribution in [0.3, 0.4) is 0 Å². The number of hydrogen-bond donors (Lipinski definition) is 0. The van der Waals surface area contributed by atoms with Crippen molar-refractivity contribution in [2.24, 2.45) is 15.4 Å². The lowest BCUT2D eigenvalue weighted by atomic mass is 9.90. The zero-order valence-electron chi connectivity index (χ0n) is 9.01. The molecule has 0 heterocycles. The molecule has 0 saturated carbocycles. The molecule has 1 atom stereocenters. The first-order valence-corrected chi connectivity index (χ1v) is 4.85. The van der Waals surface area contributed by atoms with Gasteiger partial charge in [-0.2, -0.15) is 0 Å². The van der Waals surface area contributed by atoms with Crippen LogP contribution in [0.4, 0.5) is 0 Å². The summed E-state index contributed by atoms with van der Waals surface area (Å²) in [5, 5.41) is 0. The fourth-order valence-electron chi connectivity index (χ4n) is 1.34. The lowest BCUT2D eigenvalue weighted by Crippen LogP contribution is -2.13. The predicted molar refractivity (Wildman–Crippen MR) is 60.4 cm³/mol. The van der Waals surface area contributed by atoms with Gasteiger partial charge in [0.05, 0.1) is 13.1 Å². The van der Waals surface area contributed by atoms with E-state index in [1.165, 1.54) is 12.2 Å². The van der Waals surface area contributed by atoms with Gasteiger partial charge in [-0.1, -0.05) is 37.3 Å². The predicted octanol–water partition coefficient (Wildman–Crippen LogP) is 1.72. The number of allylic oxidation sites excluding steroid dienone is 2. The average Bonchev–Trinajstić information content (AvgIpc) is 2.47. The number of carbonyl (C=O) groups excluding carboxylic acids is 2. The molecule has 1 rings (SSSR count). The van der Waals surface area contributed by atoms with Crippen LogP contribution in [0.25, 0.3) is 0 Å². The number of isocyanates is 2. The van der Waals surface area contributed by atoms with E-state index in [1.807, 2.05) is 37.3 Å². The molecule has 0 aliphatic heterocycles. The summed E-state index contributed by atoms with van der Waals surface area (Å²) in [7, 11) is 0. The Hall–Kier alpha value is -2.02. The van der Waals surface area contributed by atoms with Crippen molar-refractivity contribution in [3.05, 3.63) is 36.0 Å². The van der Waals surface area contributed by atoms with Crippen LogP contribution in [0.5, 0.6) is 0 Å². The van der Waals surface area contributed by atoms with E-state index in [1.54, 1.807) is 0 Å². The molecule has 0 aromatic heterocycles. The second kappa shape index (κ2) is 5.76. The van der Waals surface area contributed by atoms with Gasteiger partial charge < -0.3 is 0 Å². The molecule has 0 amide bonds. The van der Waals surface area contributed by atoms with Crippen LogP contribution < -0.4 is 0 Å². The summed E-state index contributed by atoms with van der Waals surface area (Å²) in [6.45, 7) is 2.64. The molecule has 1 unspecified atom stereocenters. The van der Waals surface area contributed by atoms with Gasteiger partial charge in [0.2, 0.25) is 12.2 Å². The van der Waals surface area contributed by atoms with E-state index < -0.39 is 0 Å². The third-order valence-corrected chi connectivity index (χ3v) is 2.28. The van der Waals surface area contributed by atoms with Gasteiger partial charge >= 0.3 is 0 Å². The monoisotopic (exact) mass is 216 g/mol. The molecule has 4 nitrogen and oxygen atoms in total. The van der Waals surface area contributed by atoms with Gasteiger partial charge in [0.1, 0.15) is 0 Å². The normalized spacial score (nSPS) is 22.7. The second-order valence-electron chi connectivity index (χ2n) is 3.75. The third kappa shape index (κ3) is 3.62. The van der Waals surface area contributed by atoms with Crippen molar-refractivity contribution in [1.82, 2.24) is 0 Å². The Bertz CT molecular complexity index is 436. The average molecular weight is 216 g/mol. The molecular weight excluding hydrogens is 204 g/mol. The Balaban J connectivity index is 2.79. The molecule has 0 spiro atoms. The first kappa shape index (κ1) is 12.1. The maximum atomic E-state index is 10.1. The summed E-state index contributed by atoms with van der Waals surface area (Å²) in [5.74, 6) is 0. The van der Waals surface area contributed by atoms with E-state index in [-0.39, 0.29) is 5.41 Å². The van der Waals surface area contributed by atoms with Gasteiger partial charge in [-0.15, -0.1) is 0 Å². The largest absolute Gasteiger partial charge is 0.235 e. The highest BCUT2D eigenvalue weighted by atomic mass is 16.1. The molecule has 82 valence electrons. The van der Waals surface area contributed by atoms with E-state index >= 15 is 0 Å². The molecule has 0 bridgehead atoms. The number of rotatable bonds is 4. The molecule has 0 N–H and O–H groups in total. The minimum Gasteiger partial charge on any atom is -0.211 e. The highest BCUT2D eigenvalue weighted by Crippen LogP contribution is 2.24. The van der Waals surface area contributed by atoms with Crippen LogP contribution in [0.1, 0.15) is 6.92 Å². The molecule has 0 fully saturated rings. The Morgan fingerprint density at radius 1 is 1.25 bits per heavy atom. The van der Waals surface area contributed by atoms with Crippen molar-refractivity contribution in [1.29, 1.82) is 0 Å². The Morgan fingerprint density at radius 3 is 2.69 bits per heavy atom. The summed E-state index contributed by atoms with van der Waals surface area (Å²) < 4.78 is 0. The summed E-state index contributed by atoms with van der Waals surface area (Å²) in [4.78, 5) is 27.1. The van der Waals surface area contributed by atoms with Crippen molar-refractivity contribution in [3.8, 4) is 0 Å². The number of hydrogen-bond acceptors (Lipinski definition) is 4. The van der Waals surface area contributed by atoms with E-state index in [4.69, 9.17) is 0 Å². The lowest BCUT2D eigenvalue weighted by molar-refractivity contribution is 0.541. The Labute approximate surface area is 93.8 Å². The Kier molecular flexibility index (Phi) is 4.34. The highest BCUT2D eigenvalue weighted by Gasteiger charge is 2.17. The van der Waals surface area contributed by atoms with Crippen molar-refractivity contribution in [2.75, 3.05) is 13.1 Å². The maximum Gasteiger partial charge on any atom is 0.235 e. The van der Waals surface area contributed by atoms with E-state index in [9.17, 15) is 9.59 Å².